The maximum Gasteiger partial charge on any atom is 0.125 e. The number of piperazine rings is 1. The van der Waals surface area contributed by atoms with Crippen LogP contribution in [0.25, 0.3) is 10.9 Å². The minimum absolute atomic E-state index is 0.274. The maximum absolute atomic E-state index is 13.2. The van der Waals surface area contributed by atoms with Gasteiger partial charge in [0.1, 0.15) is 5.82 Å². The van der Waals surface area contributed by atoms with Crippen molar-refractivity contribution >= 4 is 28.2 Å². The fraction of sp³-hybridized carbons (Fsp3) is 0.308. The molecule has 0 atom stereocenters. The summed E-state index contributed by atoms with van der Waals surface area (Å²) in [6, 6.07) is 4.64. The third kappa shape index (κ3) is 2.02. The molecule has 18 heavy (non-hydrogen) atoms. The number of benzene rings is 1. The van der Waals surface area contributed by atoms with Gasteiger partial charge in [-0.3, -0.25) is 4.98 Å². The first-order valence-electron chi connectivity index (χ1n) is 5.95. The summed E-state index contributed by atoms with van der Waals surface area (Å²) in [4.78, 5) is 6.41. The molecule has 0 saturated carbocycles. The van der Waals surface area contributed by atoms with E-state index in [1.807, 2.05) is 0 Å². The summed E-state index contributed by atoms with van der Waals surface area (Å²) < 4.78 is 13.2. The highest BCUT2D eigenvalue weighted by molar-refractivity contribution is 6.34. The molecule has 2 heterocycles. The zero-order chi connectivity index (χ0) is 12.5. The number of fused-ring (bicyclic) bond motifs is 1. The molecule has 2 aromatic rings. The van der Waals surface area contributed by atoms with Crippen LogP contribution in [0.4, 0.5) is 10.1 Å². The minimum Gasteiger partial charge on any atom is -0.367 e. The Bertz CT molecular complexity index is 582. The summed E-state index contributed by atoms with van der Waals surface area (Å²) in [7, 11) is 0. The van der Waals surface area contributed by atoms with Crippen LogP contribution in [-0.4, -0.2) is 31.2 Å². The highest BCUT2D eigenvalue weighted by Crippen LogP contribution is 2.33. The van der Waals surface area contributed by atoms with E-state index in [2.05, 4.69) is 15.2 Å². The van der Waals surface area contributed by atoms with Crippen molar-refractivity contribution in [1.82, 2.24) is 10.3 Å². The number of nitrogens with one attached hydrogen (secondary N) is 1. The molecular formula is C13H13ClFN3. The quantitative estimate of drug-likeness (QED) is 0.858. The number of aromatic nitrogens is 1. The summed E-state index contributed by atoms with van der Waals surface area (Å²) >= 11 is 6.26. The van der Waals surface area contributed by atoms with Crippen LogP contribution < -0.4 is 10.2 Å². The van der Waals surface area contributed by atoms with E-state index in [9.17, 15) is 4.39 Å². The first-order chi connectivity index (χ1) is 8.75. The lowest BCUT2D eigenvalue weighted by molar-refractivity contribution is 0.590. The maximum atomic E-state index is 13.2. The van der Waals surface area contributed by atoms with Crippen LogP contribution in [0, 0.1) is 5.82 Å². The van der Waals surface area contributed by atoms with Gasteiger partial charge in [-0.15, -0.1) is 0 Å². The minimum atomic E-state index is -0.274. The van der Waals surface area contributed by atoms with E-state index in [4.69, 9.17) is 11.6 Å². The van der Waals surface area contributed by atoms with E-state index in [0.717, 1.165) is 37.3 Å². The van der Waals surface area contributed by atoms with Gasteiger partial charge < -0.3 is 10.2 Å². The van der Waals surface area contributed by atoms with Gasteiger partial charge in [-0.2, -0.15) is 0 Å². The second-order valence-corrected chi connectivity index (χ2v) is 4.76. The summed E-state index contributed by atoms with van der Waals surface area (Å²) in [6.45, 7) is 3.66. The Hall–Kier alpha value is -1.39. The third-order valence-corrected chi connectivity index (χ3v) is 3.47. The second kappa shape index (κ2) is 4.71. The molecule has 0 aliphatic carbocycles. The van der Waals surface area contributed by atoms with Gasteiger partial charge in [0.05, 0.1) is 16.2 Å². The first-order valence-corrected chi connectivity index (χ1v) is 6.33. The predicted octanol–water partition coefficient (Wildman–Crippen LogP) is 2.44. The molecule has 0 amide bonds. The fourth-order valence-corrected chi connectivity index (χ4v) is 2.61. The average Bonchev–Trinajstić information content (AvgIpc) is 2.40. The average molecular weight is 266 g/mol. The highest BCUT2D eigenvalue weighted by atomic mass is 35.5. The summed E-state index contributed by atoms with van der Waals surface area (Å²) in [6.07, 6.45) is 1.60. The molecular weight excluding hydrogens is 253 g/mol. The number of hydrogen-bond donors (Lipinski definition) is 1. The first kappa shape index (κ1) is 11.7. The molecule has 3 rings (SSSR count). The summed E-state index contributed by atoms with van der Waals surface area (Å²) in [5.74, 6) is -0.274. The number of pyridine rings is 1. The number of halogens is 2. The van der Waals surface area contributed by atoms with Crippen LogP contribution in [0.2, 0.25) is 5.02 Å². The van der Waals surface area contributed by atoms with Crippen molar-refractivity contribution < 1.29 is 4.39 Å². The Morgan fingerprint density at radius 1 is 1.28 bits per heavy atom. The van der Waals surface area contributed by atoms with E-state index in [1.54, 1.807) is 12.3 Å². The van der Waals surface area contributed by atoms with E-state index in [-0.39, 0.29) is 5.82 Å². The Labute approximate surface area is 110 Å². The number of anilines is 1. The van der Waals surface area contributed by atoms with Gasteiger partial charge in [-0.25, -0.2) is 4.39 Å². The van der Waals surface area contributed by atoms with Crippen LogP contribution in [-0.2, 0) is 0 Å². The molecule has 0 radical (unpaired) electrons. The van der Waals surface area contributed by atoms with Gasteiger partial charge in [-0.1, -0.05) is 11.6 Å². The lowest BCUT2D eigenvalue weighted by Crippen LogP contribution is -2.43. The van der Waals surface area contributed by atoms with Crippen LogP contribution in [0.3, 0.4) is 0 Å². The summed E-state index contributed by atoms with van der Waals surface area (Å²) in [5, 5.41) is 4.83. The van der Waals surface area contributed by atoms with Crippen molar-refractivity contribution in [1.29, 1.82) is 0 Å². The lowest BCUT2D eigenvalue weighted by Gasteiger charge is -2.31. The zero-order valence-electron chi connectivity index (χ0n) is 9.79. The molecule has 5 heteroatoms. The molecule has 1 fully saturated rings. The van der Waals surface area contributed by atoms with Crippen LogP contribution >= 0.6 is 11.6 Å². The van der Waals surface area contributed by atoms with E-state index >= 15 is 0 Å². The molecule has 1 aliphatic rings. The molecule has 1 aromatic carbocycles. The smallest absolute Gasteiger partial charge is 0.125 e. The SMILES string of the molecule is Fc1ccc2c(N3CCNCC3)c(Cl)cnc2c1. The van der Waals surface area contributed by atoms with Gasteiger partial charge in [0.25, 0.3) is 0 Å². The van der Waals surface area contributed by atoms with Crippen LogP contribution in [0.15, 0.2) is 24.4 Å². The number of hydrogen-bond acceptors (Lipinski definition) is 3. The molecule has 1 aromatic heterocycles. The molecule has 94 valence electrons. The van der Waals surface area contributed by atoms with Crippen molar-refractivity contribution in [2.45, 2.75) is 0 Å². The summed E-state index contributed by atoms with van der Waals surface area (Å²) in [5.41, 5.74) is 1.61. The molecule has 1 aliphatic heterocycles. The second-order valence-electron chi connectivity index (χ2n) is 4.35. The van der Waals surface area contributed by atoms with E-state index in [0.29, 0.717) is 10.5 Å². The van der Waals surface area contributed by atoms with Gasteiger partial charge in [-0.05, 0) is 12.1 Å². The normalized spacial score (nSPS) is 16.2. The molecule has 3 nitrogen and oxygen atoms in total. The molecule has 1 saturated heterocycles. The van der Waals surface area contributed by atoms with Gasteiger partial charge in [0.2, 0.25) is 0 Å². The molecule has 1 N–H and O–H groups in total. The number of nitrogens with zero attached hydrogens (tertiary/aromatic N) is 2. The third-order valence-electron chi connectivity index (χ3n) is 3.19. The van der Waals surface area contributed by atoms with Crippen molar-refractivity contribution in [2.24, 2.45) is 0 Å². The monoisotopic (exact) mass is 265 g/mol. The van der Waals surface area contributed by atoms with E-state index in [1.165, 1.54) is 12.1 Å². The van der Waals surface area contributed by atoms with Crippen molar-refractivity contribution in [3.63, 3.8) is 0 Å². The Balaban J connectivity index is 2.16. The Morgan fingerprint density at radius 2 is 2.06 bits per heavy atom. The molecule has 0 bridgehead atoms. The fourth-order valence-electron chi connectivity index (χ4n) is 2.34. The zero-order valence-corrected chi connectivity index (χ0v) is 10.5. The van der Waals surface area contributed by atoms with E-state index < -0.39 is 0 Å². The molecule has 0 spiro atoms. The van der Waals surface area contributed by atoms with Crippen molar-refractivity contribution in [3.8, 4) is 0 Å². The standard InChI is InChI=1S/C13H13ClFN3/c14-11-8-17-12-7-9(15)1-2-10(12)13(11)18-5-3-16-4-6-18/h1-2,7-8,16H,3-6H2. The highest BCUT2D eigenvalue weighted by Gasteiger charge is 2.17. The largest absolute Gasteiger partial charge is 0.367 e. The lowest BCUT2D eigenvalue weighted by atomic mass is 10.1. The Morgan fingerprint density at radius 3 is 2.83 bits per heavy atom. The van der Waals surface area contributed by atoms with Gasteiger partial charge in [0, 0.05) is 43.8 Å². The number of rotatable bonds is 1. The van der Waals surface area contributed by atoms with Crippen LogP contribution in [0.1, 0.15) is 0 Å². The van der Waals surface area contributed by atoms with Crippen LogP contribution in [0.5, 0.6) is 0 Å². The van der Waals surface area contributed by atoms with Gasteiger partial charge in [0.15, 0.2) is 0 Å². The molecule has 0 unspecified atom stereocenters. The predicted molar refractivity (Wildman–Crippen MR) is 71.8 cm³/mol. The van der Waals surface area contributed by atoms with Crippen molar-refractivity contribution in [2.75, 3.05) is 31.1 Å². The van der Waals surface area contributed by atoms with Crippen molar-refractivity contribution in [3.05, 3.63) is 35.2 Å². The topological polar surface area (TPSA) is 28.2 Å². The Kier molecular flexibility index (Phi) is 3.06. The van der Waals surface area contributed by atoms with Gasteiger partial charge >= 0.3 is 0 Å².